The smallest absolute Gasteiger partial charge is 0.335 e. The highest BCUT2D eigenvalue weighted by Gasteiger charge is 2.40. The van der Waals surface area contributed by atoms with Gasteiger partial charge in [0.15, 0.2) is 0 Å². The van der Waals surface area contributed by atoms with E-state index in [9.17, 15) is 14.4 Å². The molecule has 4 aromatic carbocycles. The molecular formula is C38H34BrN3O4. The van der Waals surface area contributed by atoms with Crippen LogP contribution >= 0.6 is 15.9 Å². The van der Waals surface area contributed by atoms with Gasteiger partial charge in [-0.2, -0.15) is 0 Å². The van der Waals surface area contributed by atoms with Crippen LogP contribution in [-0.4, -0.2) is 37.0 Å². The number of hydrogen-bond donors (Lipinski definition) is 1. The van der Waals surface area contributed by atoms with Crippen LogP contribution in [0.5, 0.6) is 5.75 Å². The van der Waals surface area contributed by atoms with Gasteiger partial charge in [-0.25, -0.2) is 9.69 Å². The maximum atomic E-state index is 14.1. The van der Waals surface area contributed by atoms with E-state index in [1.807, 2.05) is 38.1 Å². The summed E-state index contributed by atoms with van der Waals surface area (Å²) in [6, 6.07) is 29.4. The van der Waals surface area contributed by atoms with Gasteiger partial charge < -0.3 is 9.64 Å². The summed E-state index contributed by atoms with van der Waals surface area (Å²) >= 11 is 3.53. The second-order valence-corrected chi connectivity index (χ2v) is 13.1. The second-order valence-electron chi connectivity index (χ2n) is 12.3. The number of carbonyl (C=O) groups excluding carboxylic acids is 3. The summed E-state index contributed by atoms with van der Waals surface area (Å²) < 4.78 is 6.51. The number of hydrogen-bond acceptors (Lipinski definition) is 5. The first kappa shape index (κ1) is 30.0. The van der Waals surface area contributed by atoms with Crippen molar-refractivity contribution >= 4 is 51.2 Å². The second kappa shape index (κ2) is 12.2. The first-order valence-electron chi connectivity index (χ1n) is 15.7. The Hall–Kier alpha value is -4.69. The Balaban J connectivity index is 1.35. The van der Waals surface area contributed by atoms with E-state index in [4.69, 9.17) is 4.74 Å². The summed E-state index contributed by atoms with van der Waals surface area (Å²) in [5.41, 5.74) is 6.75. The molecule has 4 amide bonds. The van der Waals surface area contributed by atoms with E-state index in [1.54, 1.807) is 18.2 Å². The van der Waals surface area contributed by atoms with Crippen LogP contribution in [0.15, 0.2) is 101 Å². The number of ether oxygens (including phenoxy) is 1. The minimum atomic E-state index is -0.753. The molecule has 8 heteroatoms. The molecule has 2 atom stereocenters. The molecule has 3 aliphatic heterocycles. The van der Waals surface area contributed by atoms with Gasteiger partial charge in [0.25, 0.3) is 11.8 Å². The zero-order chi connectivity index (χ0) is 31.9. The Morgan fingerprint density at radius 1 is 0.826 bits per heavy atom. The number of amides is 4. The third kappa shape index (κ3) is 5.51. The zero-order valence-electron chi connectivity index (χ0n) is 25.7. The van der Waals surface area contributed by atoms with Crippen LogP contribution in [0, 0.1) is 0 Å². The van der Waals surface area contributed by atoms with Gasteiger partial charge >= 0.3 is 6.03 Å². The molecule has 0 spiro atoms. The molecule has 1 saturated heterocycles. The number of benzene rings is 4. The SMILES string of the molecule is CC(C)Oc1ccc(/C=C2\C(=O)NC(=O)N(c3cc4c5c(c3)[C@H](c3ccccc3)CCN5CC[C@H]4c3ccccc3)C2=O)cc1Br. The molecule has 0 unspecified atom stereocenters. The van der Waals surface area contributed by atoms with Crippen LogP contribution in [0.4, 0.5) is 16.2 Å². The molecule has 1 N–H and O–H groups in total. The van der Waals surface area contributed by atoms with Gasteiger partial charge in [0.05, 0.1) is 16.3 Å². The summed E-state index contributed by atoms with van der Waals surface area (Å²) in [4.78, 5) is 44.3. The fourth-order valence-corrected chi connectivity index (χ4v) is 7.47. The molecule has 232 valence electrons. The summed E-state index contributed by atoms with van der Waals surface area (Å²) in [6.45, 7) is 5.74. The molecule has 0 aliphatic carbocycles. The van der Waals surface area contributed by atoms with Crippen molar-refractivity contribution in [3.8, 4) is 5.75 Å². The van der Waals surface area contributed by atoms with Gasteiger partial charge in [0.1, 0.15) is 11.3 Å². The number of barbiturate groups is 1. The number of nitrogens with one attached hydrogen (secondary N) is 1. The maximum absolute atomic E-state index is 14.1. The van der Waals surface area contributed by atoms with Crippen LogP contribution in [-0.2, 0) is 9.59 Å². The third-order valence-electron chi connectivity index (χ3n) is 8.99. The quantitative estimate of drug-likeness (QED) is 0.167. The number of anilines is 2. The molecule has 7 rings (SSSR count). The Morgan fingerprint density at radius 2 is 1.41 bits per heavy atom. The number of urea groups is 1. The minimum absolute atomic E-state index is 0.0114. The highest BCUT2D eigenvalue weighted by atomic mass is 79.9. The fraction of sp³-hybridized carbons (Fsp3) is 0.237. The van der Waals surface area contributed by atoms with Crippen LogP contribution in [0.2, 0.25) is 0 Å². The Bertz CT molecular complexity index is 1800. The molecule has 0 aromatic heterocycles. The fourth-order valence-electron chi connectivity index (χ4n) is 6.98. The molecule has 4 aromatic rings. The van der Waals surface area contributed by atoms with E-state index < -0.39 is 17.8 Å². The lowest BCUT2D eigenvalue weighted by Crippen LogP contribution is -2.54. The van der Waals surface area contributed by atoms with Crippen molar-refractivity contribution in [1.82, 2.24) is 5.32 Å². The monoisotopic (exact) mass is 675 g/mol. The van der Waals surface area contributed by atoms with Crippen molar-refractivity contribution in [2.24, 2.45) is 0 Å². The van der Waals surface area contributed by atoms with Crippen LogP contribution in [0.3, 0.4) is 0 Å². The number of carbonyl (C=O) groups is 3. The molecule has 3 aliphatic rings. The lowest BCUT2D eigenvalue weighted by Gasteiger charge is -2.44. The summed E-state index contributed by atoms with van der Waals surface area (Å²) in [7, 11) is 0. The molecule has 46 heavy (non-hydrogen) atoms. The van der Waals surface area contributed by atoms with Crippen molar-refractivity contribution < 1.29 is 19.1 Å². The van der Waals surface area contributed by atoms with E-state index in [2.05, 4.69) is 74.7 Å². The van der Waals surface area contributed by atoms with Gasteiger partial charge in [-0.1, -0.05) is 66.7 Å². The number of rotatable bonds is 6. The molecule has 1 fully saturated rings. The third-order valence-corrected chi connectivity index (χ3v) is 9.61. The average Bonchev–Trinajstić information content (AvgIpc) is 3.05. The van der Waals surface area contributed by atoms with Gasteiger partial charge in [-0.3, -0.25) is 14.9 Å². The topological polar surface area (TPSA) is 79.0 Å². The van der Waals surface area contributed by atoms with E-state index in [1.165, 1.54) is 22.9 Å². The maximum Gasteiger partial charge on any atom is 0.335 e. The largest absolute Gasteiger partial charge is 0.490 e. The van der Waals surface area contributed by atoms with E-state index in [0.29, 0.717) is 21.5 Å². The number of halogens is 1. The van der Waals surface area contributed by atoms with Gasteiger partial charge in [0.2, 0.25) is 0 Å². The summed E-state index contributed by atoms with van der Waals surface area (Å²) in [5.74, 6) is -0.519. The van der Waals surface area contributed by atoms with E-state index in [-0.39, 0.29) is 23.5 Å². The highest BCUT2D eigenvalue weighted by molar-refractivity contribution is 9.10. The van der Waals surface area contributed by atoms with Crippen molar-refractivity contribution in [2.45, 2.75) is 44.6 Å². The molecule has 0 saturated carbocycles. The standard InChI is InChI=1S/C38H34BrN3O4/c1-23(2)46-34-14-13-24(20-33(34)39)19-32-36(43)40-38(45)42(37(32)44)27-21-30-28(25-9-5-3-6-10-25)15-17-41-18-16-29(31(22-27)35(30)41)26-11-7-4-8-12-26/h3-14,19-23,28-29H,15-18H2,1-2H3,(H,40,43,45)/b32-19+/t28-,29-/m0/s1. The average molecular weight is 677 g/mol. The van der Waals surface area contributed by atoms with E-state index >= 15 is 0 Å². The van der Waals surface area contributed by atoms with Crippen molar-refractivity contribution in [2.75, 3.05) is 22.9 Å². The highest BCUT2D eigenvalue weighted by Crippen LogP contribution is 2.50. The lowest BCUT2D eigenvalue weighted by molar-refractivity contribution is -0.122. The minimum Gasteiger partial charge on any atom is -0.490 e. The van der Waals surface area contributed by atoms with Gasteiger partial charge in [-0.05, 0) is 101 Å². The predicted octanol–water partition coefficient (Wildman–Crippen LogP) is 7.78. The Labute approximate surface area is 277 Å². The molecule has 3 heterocycles. The van der Waals surface area contributed by atoms with Crippen molar-refractivity contribution in [3.63, 3.8) is 0 Å². The van der Waals surface area contributed by atoms with Crippen LogP contribution in [0.25, 0.3) is 6.08 Å². The van der Waals surface area contributed by atoms with Gasteiger partial charge in [-0.15, -0.1) is 0 Å². The lowest BCUT2D eigenvalue weighted by atomic mass is 9.76. The molecular weight excluding hydrogens is 642 g/mol. The molecule has 0 bridgehead atoms. The summed E-state index contributed by atoms with van der Waals surface area (Å²) in [6.07, 6.45) is 3.35. The van der Waals surface area contributed by atoms with Crippen molar-refractivity contribution in [1.29, 1.82) is 0 Å². The predicted molar refractivity (Wildman–Crippen MR) is 183 cm³/mol. The van der Waals surface area contributed by atoms with Crippen LogP contribution in [0.1, 0.15) is 66.3 Å². The Morgan fingerprint density at radius 3 is 1.96 bits per heavy atom. The Kier molecular flexibility index (Phi) is 7.99. The molecule has 0 radical (unpaired) electrons. The van der Waals surface area contributed by atoms with E-state index in [0.717, 1.165) is 42.0 Å². The first-order chi connectivity index (χ1) is 22.3. The zero-order valence-corrected chi connectivity index (χ0v) is 27.3. The number of imide groups is 2. The summed E-state index contributed by atoms with van der Waals surface area (Å²) in [5, 5.41) is 2.42. The first-order valence-corrected chi connectivity index (χ1v) is 16.5. The number of nitrogens with zero attached hydrogens (tertiary/aromatic N) is 2. The normalized spacial score (nSPS) is 20.2. The van der Waals surface area contributed by atoms with Gasteiger partial charge in [0, 0.05) is 30.6 Å². The molecule has 7 nitrogen and oxygen atoms in total. The van der Waals surface area contributed by atoms with Crippen molar-refractivity contribution in [3.05, 3.63) is 129 Å². The van der Waals surface area contributed by atoms with Crippen LogP contribution < -0.4 is 19.9 Å².